The molecule has 3 aromatic rings. The molecular formula is C24H26N4O7. The van der Waals surface area contributed by atoms with Crippen LogP contribution < -0.4 is 25.4 Å². The molecule has 1 atom stereocenters. The van der Waals surface area contributed by atoms with Gasteiger partial charge in [0.05, 0.1) is 19.9 Å². The number of hydrogen-bond donors (Lipinski definition) is 4. The van der Waals surface area contributed by atoms with Gasteiger partial charge < -0.3 is 35.1 Å². The summed E-state index contributed by atoms with van der Waals surface area (Å²) in [6.45, 7) is 3.38. The Hall–Kier alpha value is -4.54. The van der Waals surface area contributed by atoms with Crippen LogP contribution in [-0.2, 0) is 4.79 Å². The van der Waals surface area contributed by atoms with Gasteiger partial charge in [-0.05, 0) is 30.2 Å². The molecule has 3 amide bonds. The molecule has 0 spiro atoms. The first-order chi connectivity index (χ1) is 16.7. The third-order valence-electron chi connectivity index (χ3n) is 5.05. The van der Waals surface area contributed by atoms with E-state index in [1.807, 2.05) is 0 Å². The zero-order valence-electron chi connectivity index (χ0n) is 19.6. The van der Waals surface area contributed by atoms with Crippen LogP contribution in [0.4, 0.5) is 16.2 Å². The summed E-state index contributed by atoms with van der Waals surface area (Å²) in [6.07, 6.45) is 0. The summed E-state index contributed by atoms with van der Waals surface area (Å²) < 4.78 is 15.5. The summed E-state index contributed by atoms with van der Waals surface area (Å²) in [7, 11) is 3.02. The fraction of sp³-hybridized carbons (Fsp3) is 0.250. The fourth-order valence-corrected chi connectivity index (χ4v) is 3.16. The van der Waals surface area contributed by atoms with Crippen molar-refractivity contribution in [2.75, 3.05) is 24.9 Å². The Kier molecular flexibility index (Phi) is 7.92. The minimum Gasteiger partial charge on any atom is -0.497 e. The molecule has 0 aliphatic heterocycles. The van der Waals surface area contributed by atoms with Gasteiger partial charge in [0.2, 0.25) is 5.76 Å². The maximum Gasteiger partial charge on any atom is 0.326 e. The SMILES string of the molecule is COc1ccc(OC)c(NC(=O)Nc2ccc(-c3cc(C(=O)NC(C(=O)O)C(C)C)on3)cc2)c1. The minimum absolute atomic E-state index is 0.110. The van der Waals surface area contributed by atoms with Crippen molar-refractivity contribution >= 4 is 29.3 Å². The lowest BCUT2D eigenvalue weighted by molar-refractivity contribution is -0.140. The molecule has 3 rings (SSSR count). The molecule has 2 aromatic carbocycles. The molecule has 0 radical (unpaired) electrons. The van der Waals surface area contributed by atoms with E-state index in [-0.39, 0.29) is 11.7 Å². The number of carboxylic acids is 1. The summed E-state index contributed by atoms with van der Waals surface area (Å²) >= 11 is 0. The van der Waals surface area contributed by atoms with Crippen LogP contribution in [0.2, 0.25) is 0 Å². The van der Waals surface area contributed by atoms with E-state index in [0.29, 0.717) is 34.1 Å². The summed E-state index contributed by atoms with van der Waals surface area (Å²) in [5, 5.41) is 21.0. The van der Waals surface area contributed by atoms with Crippen LogP contribution in [0.25, 0.3) is 11.3 Å². The van der Waals surface area contributed by atoms with Crippen LogP contribution in [0.5, 0.6) is 11.5 Å². The molecule has 35 heavy (non-hydrogen) atoms. The number of ether oxygens (including phenoxy) is 2. The number of methoxy groups -OCH3 is 2. The first-order valence-corrected chi connectivity index (χ1v) is 10.6. The topological polar surface area (TPSA) is 152 Å². The maximum atomic E-state index is 12.4. The number of aliphatic carboxylic acids is 1. The third kappa shape index (κ3) is 6.28. The van der Waals surface area contributed by atoms with Crippen molar-refractivity contribution in [1.29, 1.82) is 0 Å². The van der Waals surface area contributed by atoms with Crippen LogP contribution in [0, 0.1) is 5.92 Å². The van der Waals surface area contributed by atoms with E-state index < -0.39 is 23.9 Å². The Morgan fingerprint density at radius 1 is 0.971 bits per heavy atom. The highest BCUT2D eigenvalue weighted by Gasteiger charge is 2.26. The van der Waals surface area contributed by atoms with Gasteiger partial charge in [0.1, 0.15) is 23.2 Å². The Morgan fingerprint density at radius 3 is 2.29 bits per heavy atom. The quantitative estimate of drug-likeness (QED) is 0.359. The number of anilines is 2. The highest BCUT2D eigenvalue weighted by atomic mass is 16.5. The van der Waals surface area contributed by atoms with Gasteiger partial charge in [0.15, 0.2) is 0 Å². The molecule has 1 heterocycles. The Labute approximate surface area is 201 Å². The van der Waals surface area contributed by atoms with Crippen molar-refractivity contribution in [1.82, 2.24) is 10.5 Å². The summed E-state index contributed by atoms with van der Waals surface area (Å²) in [5.41, 5.74) is 1.96. The second-order valence-corrected chi connectivity index (χ2v) is 7.83. The highest BCUT2D eigenvalue weighted by molar-refractivity contribution is 6.01. The molecule has 0 aliphatic carbocycles. The van der Waals surface area contributed by atoms with E-state index in [0.717, 1.165) is 0 Å². The van der Waals surface area contributed by atoms with Crippen molar-refractivity contribution in [3.63, 3.8) is 0 Å². The first kappa shape index (κ1) is 25.1. The number of aromatic nitrogens is 1. The number of carbonyl (C=O) groups excluding carboxylic acids is 2. The number of nitrogens with one attached hydrogen (secondary N) is 3. The molecule has 0 aliphatic rings. The lowest BCUT2D eigenvalue weighted by atomic mass is 10.0. The number of hydrogen-bond acceptors (Lipinski definition) is 7. The first-order valence-electron chi connectivity index (χ1n) is 10.6. The van der Waals surface area contributed by atoms with Gasteiger partial charge in [-0.3, -0.25) is 4.79 Å². The third-order valence-corrected chi connectivity index (χ3v) is 5.05. The Morgan fingerprint density at radius 2 is 1.69 bits per heavy atom. The number of benzene rings is 2. The minimum atomic E-state index is -1.13. The summed E-state index contributed by atoms with van der Waals surface area (Å²) in [5.74, 6) is -1.18. The van der Waals surface area contributed by atoms with Crippen molar-refractivity contribution in [2.45, 2.75) is 19.9 Å². The van der Waals surface area contributed by atoms with Crippen LogP contribution in [0.1, 0.15) is 24.4 Å². The standard InChI is InChI=1S/C24H26N4O7/c1-13(2)21(23(30)31)27-22(29)20-12-17(28-35-20)14-5-7-15(8-6-14)25-24(32)26-18-11-16(33-3)9-10-19(18)34-4/h5-13,21H,1-4H3,(H,27,29)(H,30,31)(H2,25,26,32). The molecule has 4 N–H and O–H groups in total. The number of rotatable bonds is 9. The number of amides is 3. The van der Waals surface area contributed by atoms with Gasteiger partial charge in [0, 0.05) is 23.4 Å². The van der Waals surface area contributed by atoms with Crippen molar-refractivity contribution in [3.8, 4) is 22.8 Å². The van der Waals surface area contributed by atoms with Gasteiger partial charge in [-0.1, -0.05) is 31.1 Å². The molecule has 0 saturated heterocycles. The molecule has 0 fully saturated rings. The predicted octanol–water partition coefficient (Wildman–Crippen LogP) is 3.84. The zero-order valence-corrected chi connectivity index (χ0v) is 19.6. The summed E-state index contributed by atoms with van der Waals surface area (Å²) in [6, 6.07) is 11.6. The predicted molar refractivity (Wildman–Crippen MR) is 128 cm³/mol. The van der Waals surface area contributed by atoms with Crippen LogP contribution in [0.15, 0.2) is 53.1 Å². The van der Waals surface area contributed by atoms with Crippen LogP contribution in [0.3, 0.4) is 0 Å². The Balaban J connectivity index is 1.65. The second kappa shape index (κ2) is 11.1. The molecule has 11 heteroatoms. The molecular weight excluding hydrogens is 456 g/mol. The van der Waals surface area contributed by atoms with E-state index >= 15 is 0 Å². The van der Waals surface area contributed by atoms with Crippen LogP contribution >= 0.6 is 0 Å². The lowest BCUT2D eigenvalue weighted by Gasteiger charge is -2.16. The Bertz CT molecular complexity index is 1200. The molecule has 1 unspecified atom stereocenters. The lowest BCUT2D eigenvalue weighted by Crippen LogP contribution is -2.44. The van der Waals surface area contributed by atoms with Crippen molar-refractivity contribution < 1.29 is 33.5 Å². The monoisotopic (exact) mass is 482 g/mol. The van der Waals surface area contributed by atoms with E-state index in [1.54, 1.807) is 56.3 Å². The average Bonchev–Trinajstić information content (AvgIpc) is 3.32. The zero-order chi connectivity index (χ0) is 25.5. The van der Waals surface area contributed by atoms with E-state index in [4.69, 9.17) is 14.0 Å². The van der Waals surface area contributed by atoms with Gasteiger partial charge >= 0.3 is 12.0 Å². The molecule has 184 valence electrons. The number of carbonyl (C=O) groups is 3. The number of carboxylic acid groups (broad SMARTS) is 1. The molecule has 0 saturated carbocycles. The number of urea groups is 1. The van der Waals surface area contributed by atoms with E-state index in [1.165, 1.54) is 20.3 Å². The summed E-state index contributed by atoms with van der Waals surface area (Å²) in [4.78, 5) is 36.1. The van der Waals surface area contributed by atoms with Gasteiger partial charge in [-0.2, -0.15) is 0 Å². The normalized spacial score (nSPS) is 11.5. The van der Waals surface area contributed by atoms with Crippen molar-refractivity contribution in [2.24, 2.45) is 5.92 Å². The van der Waals surface area contributed by atoms with Gasteiger partial charge in [0.25, 0.3) is 5.91 Å². The van der Waals surface area contributed by atoms with Crippen LogP contribution in [-0.4, -0.2) is 48.4 Å². The molecule has 0 bridgehead atoms. The average molecular weight is 482 g/mol. The van der Waals surface area contributed by atoms with Gasteiger partial charge in [-0.15, -0.1) is 0 Å². The smallest absolute Gasteiger partial charge is 0.326 e. The molecule has 1 aromatic heterocycles. The molecule has 11 nitrogen and oxygen atoms in total. The maximum absolute atomic E-state index is 12.4. The van der Waals surface area contributed by atoms with E-state index in [9.17, 15) is 19.5 Å². The van der Waals surface area contributed by atoms with E-state index in [2.05, 4.69) is 21.1 Å². The fourth-order valence-electron chi connectivity index (χ4n) is 3.16. The highest BCUT2D eigenvalue weighted by Crippen LogP contribution is 2.29. The number of nitrogens with zero attached hydrogens (tertiary/aromatic N) is 1. The van der Waals surface area contributed by atoms with Gasteiger partial charge in [-0.25, -0.2) is 9.59 Å². The largest absolute Gasteiger partial charge is 0.497 e. The second-order valence-electron chi connectivity index (χ2n) is 7.83. The van der Waals surface area contributed by atoms with Crippen molar-refractivity contribution in [3.05, 3.63) is 54.3 Å².